The van der Waals surface area contributed by atoms with E-state index in [1.807, 2.05) is 0 Å². The number of nitrogens with one attached hydrogen (secondary N) is 1. The summed E-state index contributed by atoms with van der Waals surface area (Å²) < 4.78 is 30.9. The van der Waals surface area contributed by atoms with Crippen LogP contribution in [0.25, 0.3) is 0 Å². The maximum absolute atomic E-state index is 12.9. The lowest BCUT2D eigenvalue weighted by Crippen LogP contribution is -2.64. The largest absolute Gasteiger partial charge is 0.473 e. The molecule has 0 aromatic heterocycles. The van der Waals surface area contributed by atoms with Gasteiger partial charge in [-0.1, -0.05) is 0 Å². The van der Waals surface area contributed by atoms with Crippen molar-refractivity contribution in [3.05, 3.63) is 0 Å². The molecule has 1 atom stereocenters. The predicted molar refractivity (Wildman–Crippen MR) is 77.9 cm³/mol. The third-order valence-electron chi connectivity index (χ3n) is 3.75. The lowest BCUT2D eigenvalue weighted by molar-refractivity contribution is -0.159. The second-order valence-corrected chi connectivity index (χ2v) is 6.83. The average molecular weight is 352 g/mol. The third kappa shape index (κ3) is 5.02. The zero-order valence-corrected chi connectivity index (χ0v) is 13.7. The predicted octanol–water partition coefficient (Wildman–Crippen LogP) is 1.01. The van der Waals surface area contributed by atoms with Gasteiger partial charge in [-0.3, -0.25) is 0 Å². The fourth-order valence-electron chi connectivity index (χ4n) is 2.73. The molecule has 0 bridgehead atoms. The second kappa shape index (κ2) is 7.29. The fraction of sp³-hybridized carbons (Fsp3) is 0.786. The topological polar surface area (TPSA) is 116 Å². The van der Waals surface area contributed by atoms with Crippen LogP contribution in [0.3, 0.4) is 0 Å². The Morgan fingerprint density at radius 1 is 1.21 bits per heavy atom. The van der Waals surface area contributed by atoms with Gasteiger partial charge in [-0.2, -0.15) is 0 Å². The molecule has 0 aromatic rings. The Morgan fingerprint density at radius 2 is 1.71 bits per heavy atom. The van der Waals surface area contributed by atoms with E-state index in [1.54, 1.807) is 20.8 Å². The molecule has 2 heterocycles. The van der Waals surface area contributed by atoms with Crippen LogP contribution in [0.4, 0.5) is 13.6 Å². The van der Waals surface area contributed by atoms with Gasteiger partial charge in [-0.25, -0.2) is 23.2 Å². The minimum atomic E-state index is -2.38. The number of alkyl halides is 2. The highest BCUT2D eigenvalue weighted by Crippen LogP contribution is 2.43. The molecule has 2 fully saturated rings. The molecule has 138 valence electrons. The maximum Gasteiger partial charge on any atom is 0.414 e. The van der Waals surface area contributed by atoms with Crippen LogP contribution in [0.2, 0.25) is 0 Å². The number of amides is 1. The molecule has 10 heteroatoms. The Morgan fingerprint density at radius 3 is 2.08 bits per heavy atom. The zero-order valence-electron chi connectivity index (χ0n) is 13.7. The maximum atomic E-state index is 12.9. The number of hydrogen-bond acceptors (Lipinski definition) is 5. The van der Waals surface area contributed by atoms with Crippen LogP contribution in [-0.2, 0) is 14.3 Å². The SMILES string of the molecule is CC(C)(C)OC(=O)N1CC2(CCNC2C(F)F)C1.O=C(O)C(=O)O. The van der Waals surface area contributed by atoms with E-state index in [0.717, 1.165) is 0 Å². The number of carboxylic acids is 2. The Kier molecular flexibility index (Phi) is 6.09. The molecule has 2 aliphatic rings. The Balaban J connectivity index is 0.000000413. The summed E-state index contributed by atoms with van der Waals surface area (Å²) in [5.41, 5.74) is -0.999. The number of hydrogen-bond donors (Lipinski definition) is 3. The van der Waals surface area contributed by atoms with Gasteiger partial charge in [0.05, 0.1) is 6.04 Å². The van der Waals surface area contributed by atoms with Crippen LogP contribution in [0.1, 0.15) is 27.2 Å². The van der Waals surface area contributed by atoms with Gasteiger partial charge >= 0.3 is 18.0 Å². The van der Waals surface area contributed by atoms with E-state index in [1.165, 1.54) is 4.90 Å². The van der Waals surface area contributed by atoms with Gasteiger partial charge in [-0.05, 0) is 33.7 Å². The number of carboxylic acid groups (broad SMARTS) is 2. The second-order valence-electron chi connectivity index (χ2n) is 6.83. The first-order valence-corrected chi connectivity index (χ1v) is 7.34. The fourth-order valence-corrected chi connectivity index (χ4v) is 2.73. The highest BCUT2D eigenvalue weighted by atomic mass is 19.3. The van der Waals surface area contributed by atoms with Crippen LogP contribution >= 0.6 is 0 Å². The van der Waals surface area contributed by atoms with E-state index in [-0.39, 0.29) is 0 Å². The molecular weight excluding hydrogens is 330 g/mol. The van der Waals surface area contributed by atoms with Gasteiger partial charge in [-0.15, -0.1) is 0 Å². The smallest absolute Gasteiger partial charge is 0.414 e. The summed E-state index contributed by atoms with van der Waals surface area (Å²) in [7, 11) is 0. The zero-order chi connectivity index (χ0) is 18.7. The molecule has 0 radical (unpaired) electrons. The summed E-state index contributed by atoms with van der Waals surface area (Å²) >= 11 is 0. The van der Waals surface area contributed by atoms with Crippen LogP contribution < -0.4 is 5.32 Å². The quantitative estimate of drug-likeness (QED) is 0.603. The monoisotopic (exact) mass is 352 g/mol. The van der Waals surface area contributed by atoms with Crippen LogP contribution in [0, 0.1) is 5.41 Å². The summed E-state index contributed by atoms with van der Waals surface area (Å²) in [5.74, 6) is -3.65. The van der Waals surface area contributed by atoms with Crippen LogP contribution in [0.15, 0.2) is 0 Å². The van der Waals surface area contributed by atoms with Crippen molar-refractivity contribution in [2.45, 2.75) is 45.3 Å². The number of rotatable bonds is 1. The van der Waals surface area contributed by atoms with Crippen molar-refractivity contribution in [3.63, 3.8) is 0 Å². The molecule has 2 saturated heterocycles. The number of halogens is 2. The summed E-state index contributed by atoms with van der Waals surface area (Å²) in [6.45, 7) is 6.70. The third-order valence-corrected chi connectivity index (χ3v) is 3.75. The van der Waals surface area contributed by atoms with E-state index in [4.69, 9.17) is 24.5 Å². The molecule has 2 aliphatic heterocycles. The lowest BCUT2D eigenvalue weighted by atomic mass is 9.73. The van der Waals surface area contributed by atoms with E-state index in [9.17, 15) is 13.6 Å². The molecule has 0 aromatic carbocycles. The Bertz CT molecular complexity index is 488. The average Bonchev–Trinajstić information content (AvgIpc) is 2.79. The molecule has 0 saturated carbocycles. The molecule has 24 heavy (non-hydrogen) atoms. The van der Waals surface area contributed by atoms with Gasteiger partial charge in [0, 0.05) is 18.5 Å². The summed E-state index contributed by atoms with van der Waals surface area (Å²) in [4.78, 5) is 31.5. The molecule has 1 unspecified atom stereocenters. The van der Waals surface area contributed by atoms with Crippen molar-refractivity contribution in [1.82, 2.24) is 10.2 Å². The van der Waals surface area contributed by atoms with Gasteiger partial charge in [0.1, 0.15) is 5.60 Å². The van der Waals surface area contributed by atoms with Crippen LogP contribution in [0.5, 0.6) is 0 Å². The van der Waals surface area contributed by atoms with Gasteiger partial charge < -0.3 is 25.2 Å². The minimum absolute atomic E-state index is 0.365. The highest BCUT2D eigenvalue weighted by molar-refractivity contribution is 6.27. The molecule has 8 nitrogen and oxygen atoms in total. The first-order chi connectivity index (χ1) is 10.9. The van der Waals surface area contributed by atoms with Crippen LogP contribution in [-0.4, -0.2) is 70.8 Å². The number of carbonyl (C=O) groups is 3. The van der Waals surface area contributed by atoms with E-state index < -0.39 is 41.5 Å². The first-order valence-electron chi connectivity index (χ1n) is 7.34. The molecule has 0 aliphatic carbocycles. The minimum Gasteiger partial charge on any atom is -0.473 e. The molecular formula is C14H22F2N2O6. The summed E-state index contributed by atoms with van der Waals surface area (Å²) in [6.07, 6.45) is -2.09. The van der Waals surface area contributed by atoms with E-state index in [2.05, 4.69) is 5.32 Å². The van der Waals surface area contributed by atoms with Crippen molar-refractivity contribution in [2.75, 3.05) is 19.6 Å². The lowest BCUT2D eigenvalue weighted by Gasteiger charge is -2.50. The Labute approximate surface area is 137 Å². The number of nitrogens with zero attached hydrogens (tertiary/aromatic N) is 1. The van der Waals surface area contributed by atoms with Crippen molar-refractivity contribution >= 4 is 18.0 Å². The molecule has 2 rings (SSSR count). The van der Waals surface area contributed by atoms with Crippen molar-refractivity contribution < 1.29 is 38.1 Å². The number of carbonyl (C=O) groups excluding carboxylic acids is 1. The highest BCUT2D eigenvalue weighted by Gasteiger charge is 2.56. The van der Waals surface area contributed by atoms with E-state index in [0.29, 0.717) is 26.1 Å². The number of aliphatic carboxylic acids is 2. The molecule has 1 amide bonds. The van der Waals surface area contributed by atoms with Crippen molar-refractivity contribution in [2.24, 2.45) is 5.41 Å². The van der Waals surface area contributed by atoms with Gasteiger partial charge in [0.15, 0.2) is 0 Å². The van der Waals surface area contributed by atoms with Gasteiger partial charge in [0.2, 0.25) is 0 Å². The van der Waals surface area contributed by atoms with E-state index >= 15 is 0 Å². The standard InChI is InChI=1S/C12H20F2N2O2.C2H2O4/c1-11(2,3)18-10(17)16-6-12(7-16)4-5-15-8(12)9(13)14;3-1(4)2(5)6/h8-9,15H,4-7H2,1-3H3;(H,3,4)(H,5,6). The number of ether oxygens (including phenoxy) is 1. The Hall–Kier alpha value is -1.97. The van der Waals surface area contributed by atoms with Crippen molar-refractivity contribution in [3.8, 4) is 0 Å². The van der Waals surface area contributed by atoms with Crippen molar-refractivity contribution in [1.29, 1.82) is 0 Å². The van der Waals surface area contributed by atoms with Gasteiger partial charge in [0.25, 0.3) is 6.43 Å². The normalized spacial score (nSPS) is 21.8. The molecule has 3 N–H and O–H groups in total. The first kappa shape index (κ1) is 20.1. The molecule has 1 spiro atoms. The summed E-state index contributed by atoms with van der Waals surface area (Å²) in [6, 6.07) is -0.795. The number of likely N-dealkylation sites (tertiary alicyclic amines) is 1. The summed E-state index contributed by atoms with van der Waals surface area (Å²) in [5, 5.41) is 17.6.